The molecule has 2 fully saturated rings. The van der Waals surface area contributed by atoms with E-state index in [4.69, 9.17) is 5.11 Å². The lowest BCUT2D eigenvalue weighted by molar-refractivity contribution is -0.147. The molecule has 128 valence electrons. The molecule has 2 amide bonds. The molecule has 2 saturated heterocycles. The van der Waals surface area contributed by atoms with Crippen LogP contribution in [0.2, 0.25) is 0 Å². The van der Waals surface area contributed by atoms with Crippen molar-refractivity contribution in [2.45, 2.75) is 19.3 Å². The molecule has 0 aliphatic carbocycles. The second-order valence-electron chi connectivity index (χ2n) is 6.27. The predicted molar refractivity (Wildman–Crippen MR) is 83.8 cm³/mol. The number of amides is 2. The van der Waals surface area contributed by atoms with E-state index in [9.17, 15) is 18.8 Å². The van der Waals surface area contributed by atoms with Crippen LogP contribution in [0.3, 0.4) is 0 Å². The first-order chi connectivity index (χ1) is 11.5. The lowest BCUT2D eigenvalue weighted by Crippen LogP contribution is -2.46. The number of benzene rings is 1. The van der Waals surface area contributed by atoms with Crippen molar-refractivity contribution < 1.29 is 23.9 Å². The van der Waals surface area contributed by atoms with Gasteiger partial charge in [0.25, 0.3) is 0 Å². The van der Waals surface area contributed by atoms with E-state index in [0.717, 1.165) is 0 Å². The Bertz CT molecular complexity index is 661. The lowest BCUT2D eigenvalue weighted by Gasteiger charge is -2.32. The van der Waals surface area contributed by atoms with Gasteiger partial charge in [-0.15, -0.1) is 0 Å². The molecule has 1 unspecified atom stereocenters. The van der Waals surface area contributed by atoms with Gasteiger partial charge in [0.1, 0.15) is 11.7 Å². The first-order valence-electron chi connectivity index (χ1n) is 8.06. The highest BCUT2D eigenvalue weighted by molar-refractivity contribution is 6.09. The second-order valence-corrected chi connectivity index (χ2v) is 6.27. The van der Waals surface area contributed by atoms with Gasteiger partial charge in [0.15, 0.2) is 0 Å². The van der Waals surface area contributed by atoms with Crippen molar-refractivity contribution in [2.24, 2.45) is 11.8 Å². The van der Waals surface area contributed by atoms with Crippen LogP contribution >= 0.6 is 0 Å². The van der Waals surface area contributed by atoms with Crippen LogP contribution in [0.4, 0.5) is 10.1 Å². The molecule has 6 nitrogen and oxygen atoms in total. The van der Waals surface area contributed by atoms with E-state index in [1.54, 1.807) is 0 Å². The third-order valence-corrected chi connectivity index (χ3v) is 4.72. The summed E-state index contributed by atoms with van der Waals surface area (Å²) in [4.78, 5) is 39.3. The third kappa shape index (κ3) is 3.11. The molecule has 0 radical (unpaired) electrons. The molecule has 1 aromatic rings. The Hall–Kier alpha value is -2.44. The number of rotatable bonds is 3. The first-order valence-corrected chi connectivity index (χ1v) is 8.06. The van der Waals surface area contributed by atoms with Crippen LogP contribution in [0.25, 0.3) is 0 Å². The number of likely N-dealkylation sites (tertiary alicyclic amines) is 1. The maximum absolute atomic E-state index is 13.0. The molecule has 0 aromatic heterocycles. The van der Waals surface area contributed by atoms with Crippen LogP contribution in [-0.4, -0.2) is 47.4 Å². The molecule has 2 atom stereocenters. The van der Waals surface area contributed by atoms with Gasteiger partial charge in [-0.2, -0.15) is 0 Å². The Labute approximate surface area is 138 Å². The average molecular weight is 334 g/mol. The number of nitrogens with zero attached hydrogens (tertiary/aromatic N) is 2. The minimum atomic E-state index is -0.904. The molecule has 3 rings (SSSR count). The normalized spacial score (nSPS) is 24.3. The molecule has 0 spiro atoms. The number of hydrogen-bond donors (Lipinski definition) is 1. The molecule has 0 bridgehead atoms. The van der Waals surface area contributed by atoms with Crippen LogP contribution in [0.1, 0.15) is 19.3 Å². The fourth-order valence-corrected chi connectivity index (χ4v) is 3.39. The summed E-state index contributed by atoms with van der Waals surface area (Å²) in [6.45, 7) is 1.05. The molecular formula is C17H19FN2O4. The van der Waals surface area contributed by atoms with Crippen molar-refractivity contribution in [1.29, 1.82) is 0 Å². The molecule has 1 aromatic carbocycles. The van der Waals surface area contributed by atoms with Crippen LogP contribution in [0.5, 0.6) is 0 Å². The number of carboxylic acid groups (broad SMARTS) is 1. The van der Waals surface area contributed by atoms with Crippen LogP contribution in [0, 0.1) is 17.7 Å². The van der Waals surface area contributed by atoms with Gasteiger partial charge in [0.05, 0.1) is 5.92 Å². The van der Waals surface area contributed by atoms with Crippen molar-refractivity contribution in [2.75, 3.05) is 24.5 Å². The summed E-state index contributed by atoms with van der Waals surface area (Å²) >= 11 is 0. The summed E-state index contributed by atoms with van der Waals surface area (Å²) in [7, 11) is 0. The summed E-state index contributed by atoms with van der Waals surface area (Å²) in [6, 6.07) is 5.59. The molecule has 2 heterocycles. The van der Waals surface area contributed by atoms with Gasteiger partial charge in [-0.3, -0.25) is 14.4 Å². The predicted octanol–water partition coefficient (Wildman–Crippen LogP) is 1.50. The minimum Gasteiger partial charge on any atom is -0.481 e. The van der Waals surface area contributed by atoms with Gasteiger partial charge >= 0.3 is 5.97 Å². The number of carboxylic acids is 1. The number of hydrogen-bond acceptors (Lipinski definition) is 3. The molecule has 7 heteroatoms. The number of halogens is 1. The summed E-state index contributed by atoms with van der Waals surface area (Å²) in [5.41, 5.74) is 0.568. The zero-order valence-electron chi connectivity index (χ0n) is 13.2. The van der Waals surface area contributed by atoms with E-state index in [1.807, 2.05) is 0 Å². The zero-order chi connectivity index (χ0) is 17.3. The molecule has 0 saturated carbocycles. The monoisotopic (exact) mass is 334 g/mol. The summed E-state index contributed by atoms with van der Waals surface area (Å²) in [6.07, 6.45) is 1.58. The van der Waals surface area contributed by atoms with Crippen LogP contribution in [-0.2, 0) is 14.4 Å². The number of piperidine rings is 1. The first kappa shape index (κ1) is 16.4. The highest BCUT2D eigenvalue weighted by Crippen LogP contribution is 2.28. The number of anilines is 1. The largest absolute Gasteiger partial charge is 0.481 e. The van der Waals surface area contributed by atoms with Crippen LogP contribution < -0.4 is 4.90 Å². The molecule has 2 aliphatic rings. The molecule has 1 N–H and O–H groups in total. The van der Waals surface area contributed by atoms with E-state index < -0.39 is 17.8 Å². The van der Waals surface area contributed by atoms with Gasteiger partial charge in [0.2, 0.25) is 11.8 Å². The van der Waals surface area contributed by atoms with E-state index in [1.165, 1.54) is 34.1 Å². The fourth-order valence-electron chi connectivity index (χ4n) is 3.39. The van der Waals surface area contributed by atoms with Gasteiger partial charge < -0.3 is 14.9 Å². The SMILES string of the molecule is O=C(O)[C@H]1CCCN(C(=O)C2CCN(c3ccc(F)cc3)C2=O)C1. The van der Waals surface area contributed by atoms with Crippen molar-refractivity contribution in [3.63, 3.8) is 0 Å². The van der Waals surface area contributed by atoms with E-state index in [0.29, 0.717) is 38.0 Å². The number of aliphatic carboxylic acids is 1. The smallest absolute Gasteiger partial charge is 0.308 e. The Kier molecular flexibility index (Phi) is 4.51. The second kappa shape index (κ2) is 6.59. The lowest BCUT2D eigenvalue weighted by atomic mass is 9.96. The van der Waals surface area contributed by atoms with Crippen molar-refractivity contribution in [1.82, 2.24) is 4.90 Å². The Morgan fingerprint density at radius 3 is 2.50 bits per heavy atom. The van der Waals surface area contributed by atoms with Crippen LogP contribution in [0.15, 0.2) is 24.3 Å². The maximum Gasteiger partial charge on any atom is 0.308 e. The molecule has 2 aliphatic heterocycles. The standard InChI is InChI=1S/C17H19FN2O4/c18-12-3-5-13(6-4-12)20-9-7-14(16(20)22)15(21)19-8-1-2-11(10-19)17(23)24/h3-6,11,14H,1-2,7-10H2,(H,23,24)/t11-,14?/m0/s1. The molecule has 24 heavy (non-hydrogen) atoms. The number of carbonyl (C=O) groups is 3. The summed E-state index contributed by atoms with van der Waals surface area (Å²) < 4.78 is 13.0. The summed E-state index contributed by atoms with van der Waals surface area (Å²) in [5, 5.41) is 9.12. The fraction of sp³-hybridized carbons (Fsp3) is 0.471. The van der Waals surface area contributed by atoms with E-state index in [-0.39, 0.29) is 24.2 Å². The Morgan fingerprint density at radius 2 is 1.83 bits per heavy atom. The quantitative estimate of drug-likeness (QED) is 0.850. The van der Waals surface area contributed by atoms with Gasteiger partial charge in [-0.25, -0.2) is 4.39 Å². The highest BCUT2D eigenvalue weighted by Gasteiger charge is 2.41. The maximum atomic E-state index is 13.0. The number of carbonyl (C=O) groups excluding carboxylic acids is 2. The summed E-state index contributed by atoms with van der Waals surface area (Å²) in [5.74, 6) is -3.22. The average Bonchev–Trinajstić information content (AvgIpc) is 2.96. The topological polar surface area (TPSA) is 77.9 Å². The highest BCUT2D eigenvalue weighted by atomic mass is 19.1. The van der Waals surface area contributed by atoms with Gasteiger partial charge in [-0.1, -0.05) is 0 Å². The Balaban J connectivity index is 1.69. The third-order valence-electron chi connectivity index (χ3n) is 4.72. The minimum absolute atomic E-state index is 0.161. The van der Waals surface area contributed by atoms with Gasteiger partial charge in [0, 0.05) is 25.3 Å². The van der Waals surface area contributed by atoms with Crippen molar-refractivity contribution >= 4 is 23.5 Å². The van der Waals surface area contributed by atoms with E-state index >= 15 is 0 Å². The zero-order valence-corrected chi connectivity index (χ0v) is 13.2. The Morgan fingerprint density at radius 1 is 1.12 bits per heavy atom. The van der Waals surface area contributed by atoms with Crippen molar-refractivity contribution in [3.8, 4) is 0 Å². The van der Waals surface area contributed by atoms with Crippen molar-refractivity contribution in [3.05, 3.63) is 30.1 Å². The van der Waals surface area contributed by atoms with Gasteiger partial charge in [-0.05, 0) is 43.5 Å². The molecular weight excluding hydrogens is 315 g/mol. The van der Waals surface area contributed by atoms with E-state index in [2.05, 4.69) is 0 Å².